The normalized spacial score (nSPS) is 28.7. The van der Waals surface area contributed by atoms with Crippen LogP contribution in [0.15, 0.2) is 0 Å². The van der Waals surface area contributed by atoms with Crippen molar-refractivity contribution < 1.29 is 4.79 Å². The topological polar surface area (TPSA) is 73.4 Å². The van der Waals surface area contributed by atoms with Crippen LogP contribution in [0.2, 0.25) is 0 Å². The fourth-order valence-corrected chi connectivity index (χ4v) is 3.28. The molecular weight excluding hydrogens is 252 g/mol. The third kappa shape index (κ3) is 3.94. The van der Waals surface area contributed by atoms with E-state index in [1.807, 2.05) is 4.90 Å². The summed E-state index contributed by atoms with van der Waals surface area (Å²) in [6.45, 7) is 4.16. The van der Waals surface area contributed by atoms with E-state index < -0.39 is 0 Å². The van der Waals surface area contributed by atoms with Gasteiger partial charge in [0.25, 0.3) is 0 Å². The van der Waals surface area contributed by atoms with E-state index in [-0.39, 0.29) is 17.9 Å². The van der Waals surface area contributed by atoms with Crippen molar-refractivity contribution in [2.24, 2.45) is 11.7 Å². The molecule has 2 rings (SSSR count). The molecule has 1 saturated carbocycles. The third-order valence-electron chi connectivity index (χ3n) is 4.61. The molecule has 2 atom stereocenters. The lowest BCUT2D eigenvalue weighted by Gasteiger charge is -2.37. The molecule has 0 spiro atoms. The Morgan fingerprint density at radius 2 is 1.85 bits per heavy atom. The SMILES string of the molecule is N#CCCN1CCN(C(=O)C2CCCCCC2N)CC1. The van der Waals surface area contributed by atoms with Gasteiger partial charge in [0.15, 0.2) is 0 Å². The number of nitriles is 1. The van der Waals surface area contributed by atoms with Gasteiger partial charge in [-0.3, -0.25) is 9.69 Å². The molecule has 5 nitrogen and oxygen atoms in total. The highest BCUT2D eigenvalue weighted by Crippen LogP contribution is 2.24. The molecule has 0 aromatic heterocycles. The molecule has 1 aliphatic heterocycles. The number of nitrogens with zero attached hydrogens (tertiary/aromatic N) is 3. The molecule has 0 aromatic carbocycles. The Hall–Kier alpha value is -1.12. The van der Waals surface area contributed by atoms with Crippen LogP contribution in [0.3, 0.4) is 0 Å². The van der Waals surface area contributed by atoms with Crippen molar-refractivity contribution in [3.05, 3.63) is 0 Å². The molecule has 2 fully saturated rings. The van der Waals surface area contributed by atoms with Crippen molar-refractivity contribution in [1.82, 2.24) is 9.80 Å². The van der Waals surface area contributed by atoms with E-state index in [0.717, 1.165) is 58.4 Å². The molecule has 1 saturated heterocycles. The molecule has 1 aliphatic carbocycles. The van der Waals surface area contributed by atoms with Crippen LogP contribution in [0.1, 0.15) is 38.5 Å². The van der Waals surface area contributed by atoms with Crippen molar-refractivity contribution >= 4 is 5.91 Å². The van der Waals surface area contributed by atoms with Crippen molar-refractivity contribution in [1.29, 1.82) is 5.26 Å². The van der Waals surface area contributed by atoms with Crippen molar-refractivity contribution in [2.45, 2.75) is 44.6 Å². The molecule has 0 bridgehead atoms. The number of hydrogen-bond donors (Lipinski definition) is 1. The van der Waals surface area contributed by atoms with Crippen LogP contribution in [0.5, 0.6) is 0 Å². The molecule has 1 amide bonds. The first-order chi connectivity index (χ1) is 9.72. The Labute approximate surface area is 121 Å². The maximum Gasteiger partial charge on any atom is 0.227 e. The fraction of sp³-hybridized carbons (Fsp3) is 0.867. The largest absolute Gasteiger partial charge is 0.340 e. The van der Waals surface area contributed by atoms with Gasteiger partial charge in [0.05, 0.1) is 12.0 Å². The zero-order valence-electron chi connectivity index (χ0n) is 12.3. The number of rotatable bonds is 3. The second-order valence-electron chi connectivity index (χ2n) is 5.98. The lowest BCUT2D eigenvalue weighted by molar-refractivity contribution is -0.138. The second-order valence-corrected chi connectivity index (χ2v) is 5.98. The summed E-state index contributed by atoms with van der Waals surface area (Å²) in [6.07, 6.45) is 6.01. The van der Waals surface area contributed by atoms with Crippen LogP contribution < -0.4 is 5.73 Å². The molecule has 2 N–H and O–H groups in total. The number of piperazine rings is 1. The van der Waals surface area contributed by atoms with Gasteiger partial charge in [0.2, 0.25) is 5.91 Å². The van der Waals surface area contributed by atoms with Gasteiger partial charge in [-0.2, -0.15) is 5.26 Å². The molecule has 20 heavy (non-hydrogen) atoms. The molecular formula is C15H26N4O. The Kier molecular flexibility index (Phi) is 5.81. The van der Waals surface area contributed by atoms with E-state index in [0.29, 0.717) is 6.42 Å². The van der Waals surface area contributed by atoms with Gasteiger partial charge in [-0.25, -0.2) is 0 Å². The lowest BCUT2D eigenvalue weighted by Crippen LogP contribution is -2.52. The summed E-state index contributed by atoms with van der Waals surface area (Å²) in [5.41, 5.74) is 6.19. The standard InChI is InChI=1S/C15H26N4O/c16-7-4-8-18-9-11-19(12-10-18)15(20)13-5-2-1-3-6-14(13)17/h13-14H,1-6,8-12,17H2. The smallest absolute Gasteiger partial charge is 0.227 e. The van der Waals surface area contributed by atoms with Crippen LogP contribution >= 0.6 is 0 Å². The summed E-state index contributed by atoms with van der Waals surface area (Å²) in [5.74, 6) is 0.294. The number of nitrogens with two attached hydrogens (primary N) is 1. The number of hydrogen-bond acceptors (Lipinski definition) is 4. The van der Waals surface area contributed by atoms with Crippen LogP contribution in [0.4, 0.5) is 0 Å². The fourth-order valence-electron chi connectivity index (χ4n) is 3.28. The first-order valence-electron chi connectivity index (χ1n) is 7.86. The van der Waals surface area contributed by atoms with Crippen molar-refractivity contribution in [3.8, 4) is 6.07 Å². The summed E-state index contributed by atoms with van der Waals surface area (Å²) in [5, 5.41) is 8.61. The van der Waals surface area contributed by atoms with Gasteiger partial charge in [0.1, 0.15) is 0 Å². The summed E-state index contributed by atoms with van der Waals surface area (Å²) < 4.78 is 0. The Bertz CT molecular complexity index is 357. The van der Waals surface area contributed by atoms with E-state index in [1.165, 1.54) is 6.42 Å². The number of carbonyl (C=O) groups excluding carboxylic acids is 1. The predicted molar refractivity (Wildman–Crippen MR) is 77.8 cm³/mol. The summed E-state index contributed by atoms with van der Waals surface area (Å²) >= 11 is 0. The molecule has 1 heterocycles. The van der Waals surface area contributed by atoms with Gasteiger partial charge in [-0.05, 0) is 12.8 Å². The molecule has 2 aliphatic rings. The van der Waals surface area contributed by atoms with Crippen LogP contribution in [-0.2, 0) is 4.79 Å². The van der Waals surface area contributed by atoms with Gasteiger partial charge < -0.3 is 10.6 Å². The van der Waals surface area contributed by atoms with Crippen LogP contribution in [-0.4, -0.2) is 54.5 Å². The molecule has 5 heteroatoms. The van der Waals surface area contributed by atoms with Gasteiger partial charge in [-0.1, -0.05) is 19.3 Å². The number of carbonyl (C=O) groups is 1. The van der Waals surface area contributed by atoms with E-state index >= 15 is 0 Å². The summed E-state index contributed by atoms with van der Waals surface area (Å²) in [7, 11) is 0. The lowest BCUT2D eigenvalue weighted by atomic mass is 9.93. The second kappa shape index (κ2) is 7.61. The highest BCUT2D eigenvalue weighted by Gasteiger charge is 2.31. The van der Waals surface area contributed by atoms with E-state index in [9.17, 15) is 4.79 Å². The first kappa shape index (κ1) is 15.3. The van der Waals surface area contributed by atoms with Gasteiger partial charge >= 0.3 is 0 Å². The third-order valence-corrected chi connectivity index (χ3v) is 4.61. The zero-order valence-corrected chi connectivity index (χ0v) is 12.3. The Morgan fingerprint density at radius 3 is 2.55 bits per heavy atom. The molecule has 0 aromatic rings. The first-order valence-corrected chi connectivity index (χ1v) is 7.86. The van der Waals surface area contributed by atoms with Gasteiger partial charge in [-0.15, -0.1) is 0 Å². The highest BCUT2D eigenvalue weighted by molar-refractivity contribution is 5.79. The molecule has 2 unspecified atom stereocenters. The van der Waals surface area contributed by atoms with Crippen LogP contribution in [0.25, 0.3) is 0 Å². The molecule has 112 valence electrons. The minimum Gasteiger partial charge on any atom is -0.340 e. The summed E-state index contributed by atoms with van der Waals surface area (Å²) in [6, 6.07) is 2.22. The van der Waals surface area contributed by atoms with Crippen LogP contribution in [0, 0.1) is 17.2 Å². The maximum absolute atomic E-state index is 12.6. The van der Waals surface area contributed by atoms with E-state index in [1.54, 1.807) is 0 Å². The minimum absolute atomic E-state index is 0.0307. The highest BCUT2D eigenvalue weighted by atomic mass is 16.2. The maximum atomic E-state index is 12.6. The molecule has 0 radical (unpaired) electrons. The van der Waals surface area contributed by atoms with Crippen molar-refractivity contribution in [2.75, 3.05) is 32.7 Å². The average Bonchev–Trinajstić information content (AvgIpc) is 2.69. The average molecular weight is 278 g/mol. The monoisotopic (exact) mass is 278 g/mol. The Morgan fingerprint density at radius 1 is 1.15 bits per heavy atom. The van der Waals surface area contributed by atoms with Gasteiger partial charge in [0, 0.05) is 45.2 Å². The van der Waals surface area contributed by atoms with Crippen molar-refractivity contribution in [3.63, 3.8) is 0 Å². The van der Waals surface area contributed by atoms with E-state index in [4.69, 9.17) is 11.0 Å². The van der Waals surface area contributed by atoms with E-state index in [2.05, 4.69) is 11.0 Å². The number of amides is 1. The zero-order chi connectivity index (χ0) is 14.4. The predicted octanol–water partition coefficient (Wildman–Crippen LogP) is 0.952. The summed E-state index contributed by atoms with van der Waals surface area (Å²) in [4.78, 5) is 16.9. The minimum atomic E-state index is 0.0307. The Balaban J connectivity index is 1.83. The quantitative estimate of drug-likeness (QED) is 0.780.